The number of fused-ring (bicyclic) bond motifs is 1. The van der Waals surface area contributed by atoms with Gasteiger partial charge in [-0.2, -0.15) is 0 Å². The average molecular weight is 488 g/mol. The molecule has 2 aliphatic rings. The molecule has 0 spiro atoms. The van der Waals surface area contributed by atoms with E-state index in [1.54, 1.807) is 12.4 Å². The van der Waals surface area contributed by atoms with E-state index in [1.165, 1.54) is 5.56 Å². The molecule has 4 aromatic rings. The lowest BCUT2D eigenvalue weighted by molar-refractivity contribution is -0.134. The first-order valence-corrected chi connectivity index (χ1v) is 12.4. The summed E-state index contributed by atoms with van der Waals surface area (Å²) < 4.78 is 0. The quantitative estimate of drug-likeness (QED) is 0.446. The zero-order valence-corrected chi connectivity index (χ0v) is 20.1. The Balaban J connectivity index is 1.11. The molecule has 0 radical (unpaired) electrons. The molecule has 1 aliphatic carbocycles. The van der Waals surface area contributed by atoms with E-state index in [-0.39, 0.29) is 0 Å². The minimum Gasteiger partial charge on any atom is -0.342 e. The highest BCUT2D eigenvalue weighted by Gasteiger charge is 2.34. The summed E-state index contributed by atoms with van der Waals surface area (Å²) >= 11 is 5.86. The van der Waals surface area contributed by atoms with Crippen LogP contribution in [0, 0.1) is 5.92 Å². The largest absolute Gasteiger partial charge is 0.342 e. The first-order chi connectivity index (χ1) is 17.1. The number of rotatable bonds is 6. The second-order valence-corrected chi connectivity index (χ2v) is 9.73. The monoisotopic (exact) mass is 487 g/mol. The normalized spacial score (nSPS) is 16.7. The summed E-state index contributed by atoms with van der Waals surface area (Å²) in [6.07, 6.45) is 7.86. The molecule has 1 saturated heterocycles. The lowest BCUT2D eigenvalue weighted by Gasteiger charge is -2.35. The second kappa shape index (κ2) is 9.36. The number of pyridine rings is 1. The fourth-order valence-corrected chi connectivity index (χ4v) is 4.73. The van der Waals surface area contributed by atoms with E-state index in [1.807, 2.05) is 29.3 Å². The number of aromatic amines is 1. The van der Waals surface area contributed by atoms with Crippen LogP contribution in [0.3, 0.4) is 0 Å². The number of amides is 1. The number of carbonyl (C=O) groups excluding carboxylic acids is 1. The van der Waals surface area contributed by atoms with Crippen molar-refractivity contribution in [2.75, 3.05) is 26.2 Å². The SMILES string of the molecule is O=C(C1CC1)N1CCN(Cc2ccnc(Cc3nc4ccc(-c5cnc(Cl)cn5)cc4[nH]3)c2)CC1. The lowest BCUT2D eigenvalue weighted by Crippen LogP contribution is -2.48. The molecule has 4 heterocycles. The van der Waals surface area contributed by atoms with E-state index in [2.05, 4.69) is 37.0 Å². The average Bonchev–Trinajstić information content (AvgIpc) is 3.64. The molecule has 0 unspecified atom stereocenters. The maximum atomic E-state index is 12.3. The molecule has 1 N–H and O–H groups in total. The van der Waals surface area contributed by atoms with Crippen molar-refractivity contribution < 1.29 is 4.79 Å². The third-order valence-corrected chi connectivity index (χ3v) is 6.89. The molecular formula is C26H26ClN7O. The van der Waals surface area contributed by atoms with Gasteiger partial charge < -0.3 is 9.88 Å². The van der Waals surface area contributed by atoms with Crippen LogP contribution in [0.15, 0.2) is 48.9 Å². The zero-order chi connectivity index (χ0) is 23.8. The van der Waals surface area contributed by atoms with Crippen LogP contribution in [0.5, 0.6) is 0 Å². The number of nitrogens with one attached hydrogen (secondary N) is 1. The van der Waals surface area contributed by atoms with E-state index in [9.17, 15) is 4.79 Å². The Labute approximate surface area is 208 Å². The molecular weight excluding hydrogens is 462 g/mol. The Morgan fingerprint density at radius 1 is 1.03 bits per heavy atom. The number of nitrogens with zero attached hydrogens (tertiary/aromatic N) is 6. The zero-order valence-electron chi connectivity index (χ0n) is 19.3. The van der Waals surface area contributed by atoms with Gasteiger partial charge >= 0.3 is 0 Å². The number of halogens is 1. The van der Waals surface area contributed by atoms with Crippen LogP contribution >= 0.6 is 11.6 Å². The van der Waals surface area contributed by atoms with Crippen molar-refractivity contribution in [3.05, 3.63) is 71.2 Å². The Kier molecular flexibility index (Phi) is 5.91. The Morgan fingerprint density at radius 2 is 1.89 bits per heavy atom. The van der Waals surface area contributed by atoms with Gasteiger partial charge in [0.05, 0.1) is 29.1 Å². The van der Waals surface area contributed by atoms with Gasteiger partial charge in [-0.15, -0.1) is 0 Å². The van der Waals surface area contributed by atoms with E-state index in [4.69, 9.17) is 16.6 Å². The number of benzene rings is 1. The molecule has 1 saturated carbocycles. The maximum Gasteiger partial charge on any atom is 0.225 e. The van der Waals surface area contributed by atoms with E-state index < -0.39 is 0 Å². The van der Waals surface area contributed by atoms with Gasteiger partial charge in [-0.05, 0) is 42.7 Å². The molecule has 9 heteroatoms. The summed E-state index contributed by atoms with van der Waals surface area (Å²) in [6, 6.07) is 10.2. The van der Waals surface area contributed by atoms with Gasteiger partial charge in [0.2, 0.25) is 5.91 Å². The van der Waals surface area contributed by atoms with Crippen molar-refractivity contribution in [2.24, 2.45) is 5.92 Å². The number of hydrogen-bond acceptors (Lipinski definition) is 6. The molecule has 0 bridgehead atoms. The lowest BCUT2D eigenvalue weighted by atomic mass is 10.1. The molecule has 3 aromatic heterocycles. The molecule has 1 amide bonds. The van der Waals surface area contributed by atoms with E-state index in [0.717, 1.165) is 79.4 Å². The second-order valence-electron chi connectivity index (χ2n) is 9.35. The number of carbonyl (C=O) groups is 1. The van der Waals surface area contributed by atoms with E-state index >= 15 is 0 Å². The van der Waals surface area contributed by atoms with Crippen LogP contribution in [0.25, 0.3) is 22.3 Å². The predicted molar refractivity (Wildman–Crippen MR) is 134 cm³/mol. The summed E-state index contributed by atoms with van der Waals surface area (Å²) in [5.41, 5.74) is 5.78. The summed E-state index contributed by atoms with van der Waals surface area (Å²) in [5, 5.41) is 0.374. The van der Waals surface area contributed by atoms with Gasteiger partial charge in [-0.25, -0.2) is 9.97 Å². The molecule has 35 heavy (non-hydrogen) atoms. The number of H-pyrrole nitrogens is 1. The number of piperazine rings is 1. The summed E-state index contributed by atoms with van der Waals surface area (Å²) in [7, 11) is 0. The number of hydrogen-bond donors (Lipinski definition) is 1. The summed E-state index contributed by atoms with van der Waals surface area (Å²) in [4.78, 5) is 37.9. The Bertz CT molecular complexity index is 1360. The minimum atomic E-state index is 0.306. The first kappa shape index (κ1) is 22.1. The van der Waals surface area contributed by atoms with E-state index in [0.29, 0.717) is 23.4 Å². The molecule has 0 atom stereocenters. The molecule has 1 aliphatic heterocycles. The third kappa shape index (κ3) is 5.04. The van der Waals surface area contributed by atoms with Crippen molar-refractivity contribution >= 4 is 28.5 Å². The fourth-order valence-electron chi connectivity index (χ4n) is 4.63. The highest BCUT2D eigenvalue weighted by molar-refractivity contribution is 6.29. The van der Waals surface area contributed by atoms with Crippen LogP contribution in [0.4, 0.5) is 0 Å². The number of aromatic nitrogens is 5. The van der Waals surface area contributed by atoms with Crippen LogP contribution in [0.2, 0.25) is 5.15 Å². The van der Waals surface area contributed by atoms with Gasteiger partial charge in [0.1, 0.15) is 11.0 Å². The standard InChI is InChI=1S/C26H26ClN7O/c27-24-15-29-23(14-30-24)19-3-4-21-22(12-19)32-25(31-21)13-20-11-17(5-6-28-20)16-33-7-9-34(10-8-33)26(35)18-1-2-18/h3-6,11-12,14-15,18H,1-2,7-10,13,16H2,(H,31,32). The smallest absolute Gasteiger partial charge is 0.225 e. The van der Waals surface area contributed by atoms with Crippen molar-refractivity contribution in [2.45, 2.75) is 25.8 Å². The van der Waals surface area contributed by atoms with Crippen LogP contribution in [-0.2, 0) is 17.8 Å². The summed E-state index contributed by atoms with van der Waals surface area (Å²) in [6.45, 7) is 4.36. The molecule has 178 valence electrons. The van der Waals surface area contributed by atoms with Crippen LogP contribution < -0.4 is 0 Å². The predicted octanol–water partition coefficient (Wildman–Crippen LogP) is 3.71. The van der Waals surface area contributed by atoms with Gasteiger partial charge in [0.25, 0.3) is 0 Å². The van der Waals surface area contributed by atoms with Gasteiger partial charge in [0.15, 0.2) is 0 Å². The molecule has 1 aromatic carbocycles. The van der Waals surface area contributed by atoms with Crippen molar-refractivity contribution in [1.29, 1.82) is 0 Å². The molecule has 2 fully saturated rings. The highest BCUT2D eigenvalue weighted by Crippen LogP contribution is 2.31. The van der Waals surface area contributed by atoms with Gasteiger partial charge in [-0.1, -0.05) is 17.7 Å². The molecule has 8 nitrogen and oxygen atoms in total. The van der Waals surface area contributed by atoms with Crippen molar-refractivity contribution in [3.8, 4) is 11.3 Å². The topological polar surface area (TPSA) is 90.9 Å². The van der Waals surface area contributed by atoms with Crippen molar-refractivity contribution in [3.63, 3.8) is 0 Å². The minimum absolute atomic E-state index is 0.306. The first-order valence-electron chi connectivity index (χ1n) is 12.0. The van der Waals surface area contributed by atoms with Crippen LogP contribution in [-0.4, -0.2) is 66.8 Å². The van der Waals surface area contributed by atoms with Crippen LogP contribution in [0.1, 0.15) is 29.9 Å². The fraction of sp³-hybridized carbons (Fsp3) is 0.346. The maximum absolute atomic E-state index is 12.3. The van der Waals surface area contributed by atoms with Gasteiger partial charge in [0, 0.05) is 62.5 Å². The van der Waals surface area contributed by atoms with Gasteiger partial charge in [-0.3, -0.25) is 19.7 Å². The summed E-state index contributed by atoms with van der Waals surface area (Å²) in [5.74, 6) is 1.53. The highest BCUT2D eigenvalue weighted by atomic mass is 35.5. The third-order valence-electron chi connectivity index (χ3n) is 6.69. The Hall–Kier alpha value is -3.36. The molecule has 6 rings (SSSR count). The van der Waals surface area contributed by atoms with Crippen molar-refractivity contribution in [1.82, 2.24) is 34.7 Å². The number of imidazole rings is 1. The Morgan fingerprint density at radius 3 is 2.66 bits per heavy atom.